The summed E-state index contributed by atoms with van der Waals surface area (Å²) in [5.74, 6) is 1.58. The minimum absolute atomic E-state index is 0.681. The first-order valence-corrected chi connectivity index (χ1v) is 8.02. The van der Waals surface area contributed by atoms with Gasteiger partial charge in [-0.3, -0.25) is 0 Å². The molecule has 0 bridgehead atoms. The molecule has 0 saturated carbocycles. The van der Waals surface area contributed by atoms with Crippen LogP contribution in [0.1, 0.15) is 50.3 Å². The molecular weight excluding hydrogens is 248 g/mol. The molecule has 0 amide bonds. The van der Waals surface area contributed by atoms with Gasteiger partial charge in [0.15, 0.2) is 0 Å². The Balaban J connectivity index is 1.95. The van der Waals surface area contributed by atoms with Crippen molar-refractivity contribution in [3.05, 3.63) is 17.5 Å². The lowest BCUT2D eigenvalue weighted by atomic mass is 9.97. The Labute approximate surface area is 122 Å². The molecule has 112 valence electrons. The predicted octanol–water partition coefficient (Wildman–Crippen LogP) is 2.69. The average molecular weight is 276 g/mol. The van der Waals surface area contributed by atoms with E-state index in [4.69, 9.17) is 10.7 Å². The lowest BCUT2D eigenvalue weighted by molar-refractivity contribution is 0.411. The highest BCUT2D eigenvalue weighted by Crippen LogP contribution is 2.21. The monoisotopic (exact) mass is 276 g/mol. The SMILES string of the molecule is CCCCCc1cnc(N2CCC(CN)CC2)nc1C. The van der Waals surface area contributed by atoms with Gasteiger partial charge in [-0.25, -0.2) is 9.97 Å². The molecule has 1 fully saturated rings. The molecule has 0 aromatic carbocycles. The van der Waals surface area contributed by atoms with Gasteiger partial charge in [-0.1, -0.05) is 19.8 Å². The van der Waals surface area contributed by atoms with Crippen molar-refractivity contribution in [2.45, 2.75) is 52.4 Å². The maximum absolute atomic E-state index is 5.74. The number of hydrogen-bond donors (Lipinski definition) is 1. The van der Waals surface area contributed by atoms with Crippen LogP contribution in [0.25, 0.3) is 0 Å². The highest BCUT2D eigenvalue weighted by Gasteiger charge is 2.20. The minimum Gasteiger partial charge on any atom is -0.341 e. The van der Waals surface area contributed by atoms with E-state index < -0.39 is 0 Å². The highest BCUT2D eigenvalue weighted by atomic mass is 15.2. The predicted molar refractivity (Wildman–Crippen MR) is 84.0 cm³/mol. The van der Waals surface area contributed by atoms with Crippen LogP contribution < -0.4 is 10.6 Å². The van der Waals surface area contributed by atoms with Crippen LogP contribution in [0.5, 0.6) is 0 Å². The number of anilines is 1. The molecule has 0 spiro atoms. The van der Waals surface area contributed by atoms with E-state index in [2.05, 4.69) is 23.7 Å². The summed E-state index contributed by atoms with van der Waals surface area (Å²) in [7, 11) is 0. The summed E-state index contributed by atoms with van der Waals surface area (Å²) in [6, 6.07) is 0. The Kier molecular flexibility index (Phi) is 5.77. The van der Waals surface area contributed by atoms with E-state index in [0.29, 0.717) is 5.92 Å². The first kappa shape index (κ1) is 15.2. The zero-order chi connectivity index (χ0) is 14.4. The molecule has 20 heavy (non-hydrogen) atoms. The topological polar surface area (TPSA) is 55.0 Å². The van der Waals surface area contributed by atoms with Crippen LogP contribution in [-0.4, -0.2) is 29.6 Å². The van der Waals surface area contributed by atoms with E-state index in [-0.39, 0.29) is 0 Å². The van der Waals surface area contributed by atoms with Crippen LogP contribution in [0.2, 0.25) is 0 Å². The lowest BCUT2D eigenvalue weighted by Crippen LogP contribution is -2.37. The van der Waals surface area contributed by atoms with Gasteiger partial charge in [-0.2, -0.15) is 0 Å². The summed E-state index contributed by atoms with van der Waals surface area (Å²) >= 11 is 0. The molecule has 4 heteroatoms. The molecule has 0 atom stereocenters. The van der Waals surface area contributed by atoms with Gasteiger partial charge in [-0.15, -0.1) is 0 Å². The first-order chi connectivity index (χ1) is 9.74. The molecule has 4 nitrogen and oxygen atoms in total. The third kappa shape index (κ3) is 3.92. The Morgan fingerprint density at radius 2 is 2.05 bits per heavy atom. The van der Waals surface area contributed by atoms with Gasteiger partial charge in [-0.05, 0) is 50.6 Å². The van der Waals surface area contributed by atoms with E-state index >= 15 is 0 Å². The van der Waals surface area contributed by atoms with Crippen molar-refractivity contribution in [1.29, 1.82) is 0 Å². The van der Waals surface area contributed by atoms with E-state index in [1.165, 1.54) is 24.8 Å². The van der Waals surface area contributed by atoms with E-state index in [9.17, 15) is 0 Å². The second-order valence-corrected chi connectivity index (χ2v) is 5.90. The number of aromatic nitrogens is 2. The summed E-state index contributed by atoms with van der Waals surface area (Å²) in [6.45, 7) is 7.23. The van der Waals surface area contributed by atoms with E-state index in [1.807, 2.05) is 6.20 Å². The van der Waals surface area contributed by atoms with Crippen molar-refractivity contribution < 1.29 is 0 Å². The van der Waals surface area contributed by atoms with Crippen LogP contribution in [0.3, 0.4) is 0 Å². The number of unbranched alkanes of at least 4 members (excludes halogenated alkanes) is 2. The molecule has 2 heterocycles. The van der Waals surface area contributed by atoms with Crippen molar-refractivity contribution in [3.63, 3.8) is 0 Å². The molecule has 1 aromatic heterocycles. The molecule has 2 rings (SSSR count). The van der Waals surface area contributed by atoms with Crippen LogP contribution in [0, 0.1) is 12.8 Å². The first-order valence-electron chi connectivity index (χ1n) is 8.02. The van der Waals surface area contributed by atoms with E-state index in [1.54, 1.807) is 0 Å². The maximum atomic E-state index is 5.74. The number of rotatable bonds is 6. The molecule has 1 aliphatic rings. The number of nitrogens with two attached hydrogens (primary N) is 1. The molecule has 0 aliphatic carbocycles. The molecule has 1 aliphatic heterocycles. The van der Waals surface area contributed by atoms with Gasteiger partial charge in [0.05, 0.1) is 0 Å². The zero-order valence-corrected chi connectivity index (χ0v) is 12.9. The Morgan fingerprint density at radius 1 is 1.30 bits per heavy atom. The summed E-state index contributed by atoms with van der Waals surface area (Å²) in [4.78, 5) is 11.6. The second-order valence-electron chi connectivity index (χ2n) is 5.90. The summed E-state index contributed by atoms with van der Waals surface area (Å²) in [6.07, 6.45) is 9.25. The van der Waals surface area contributed by atoms with Crippen molar-refractivity contribution in [3.8, 4) is 0 Å². The fourth-order valence-corrected chi connectivity index (χ4v) is 2.81. The molecule has 1 saturated heterocycles. The maximum Gasteiger partial charge on any atom is 0.225 e. The Morgan fingerprint density at radius 3 is 2.65 bits per heavy atom. The van der Waals surface area contributed by atoms with Crippen LogP contribution >= 0.6 is 0 Å². The lowest BCUT2D eigenvalue weighted by Gasteiger charge is -2.31. The normalized spacial score (nSPS) is 16.6. The minimum atomic E-state index is 0.681. The molecule has 2 N–H and O–H groups in total. The van der Waals surface area contributed by atoms with Crippen molar-refractivity contribution in [2.24, 2.45) is 11.7 Å². The van der Waals surface area contributed by atoms with Gasteiger partial charge in [0.2, 0.25) is 5.95 Å². The fraction of sp³-hybridized carbons (Fsp3) is 0.750. The Bertz CT molecular complexity index is 411. The van der Waals surface area contributed by atoms with Crippen molar-refractivity contribution in [2.75, 3.05) is 24.5 Å². The highest BCUT2D eigenvalue weighted by molar-refractivity contribution is 5.33. The molecule has 0 radical (unpaired) electrons. The van der Waals surface area contributed by atoms with Gasteiger partial charge in [0, 0.05) is 25.0 Å². The third-order valence-corrected chi connectivity index (χ3v) is 4.35. The van der Waals surface area contributed by atoms with Gasteiger partial charge >= 0.3 is 0 Å². The average Bonchev–Trinajstić information content (AvgIpc) is 2.49. The second kappa shape index (κ2) is 7.58. The quantitative estimate of drug-likeness (QED) is 0.812. The van der Waals surface area contributed by atoms with Crippen molar-refractivity contribution >= 4 is 5.95 Å². The van der Waals surface area contributed by atoms with Crippen molar-refractivity contribution in [1.82, 2.24) is 9.97 Å². The standard InChI is InChI=1S/C16H28N4/c1-3-4-5-6-15-12-18-16(19-13(15)2)20-9-7-14(11-17)8-10-20/h12,14H,3-11,17H2,1-2H3. The van der Waals surface area contributed by atoms with Crippen LogP contribution in [-0.2, 0) is 6.42 Å². The Hall–Kier alpha value is -1.16. The largest absolute Gasteiger partial charge is 0.341 e. The van der Waals surface area contributed by atoms with Gasteiger partial charge in [0.25, 0.3) is 0 Å². The van der Waals surface area contributed by atoms with Gasteiger partial charge < -0.3 is 10.6 Å². The smallest absolute Gasteiger partial charge is 0.225 e. The molecule has 0 unspecified atom stereocenters. The third-order valence-electron chi connectivity index (χ3n) is 4.35. The summed E-state index contributed by atoms with van der Waals surface area (Å²) in [5.41, 5.74) is 8.19. The number of nitrogens with zero attached hydrogens (tertiary/aromatic N) is 3. The van der Waals surface area contributed by atoms with Crippen LogP contribution in [0.4, 0.5) is 5.95 Å². The summed E-state index contributed by atoms with van der Waals surface area (Å²) < 4.78 is 0. The number of piperidine rings is 1. The number of aryl methyl sites for hydroxylation is 2. The van der Waals surface area contributed by atoms with E-state index in [0.717, 1.165) is 50.5 Å². The molecular formula is C16H28N4. The molecule has 1 aromatic rings. The van der Waals surface area contributed by atoms with Gasteiger partial charge in [0.1, 0.15) is 0 Å². The van der Waals surface area contributed by atoms with Crippen LogP contribution in [0.15, 0.2) is 6.20 Å². The zero-order valence-electron chi connectivity index (χ0n) is 12.9. The number of hydrogen-bond acceptors (Lipinski definition) is 4. The summed E-state index contributed by atoms with van der Waals surface area (Å²) in [5, 5.41) is 0. The fourth-order valence-electron chi connectivity index (χ4n) is 2.81.